The molecule has 29 heavy (non-hydrogen) atoms. The van der Waals surface area contributed by atoms with E-state index in [2.05, 4.69) is 11.4 Å². The lowest BCUT2D eigenvalue weighted by atomic mass is 9.97. The van der Waals surface area contributed by atoms with Gasteiger partial charge in [-0.25, -0.2) is 0 Å². The van der Waals surface area contributed by atoms with E-state index >= 15 is 0 Å². The van der Waals surface area contributed by atoms with Crippen LogP contribution in [0.3, 0.4) is 0 Å². The Hall–Kier alpha value is -3.08. The first-order chi connectivity index (χ1) is 14.2. The van der Waals surface area contributed by atoms with E-state index in [-0.39, 0.29) is 18.4 Å². The maximum absolute atomic E-state index is 12.4. The predicted molar refractivity (Wildman–Crippen MR) is 113 cm³/mol. The molecule has 2 aromatic carbocycles. The van der Waals surface area contributed by atoms with Gasteiger partial charge in [-0.1, -0.05) is 35.9 Å². The Balaban J connectivity index is 1.35. The number of nitrogens with zero attached hydrogens (tertiary/aromatic N) is 1. The normalized spacial score (nSPS) is 15.9. The lowest BCUT2D eigenvalue weighted by Crippen LogP contribution is -2.38. The Morgan fingerprint density at radius 1 is 1.07 bits per heavy atom. The van der Waals surface area contributed by atoms with Crippen LogP contribution in [0.5, 0.6) is 5.75 Å². The van der Waals surface area contributed by atoms with E-state index in [4.69, 9.17) is 4.74 Å². The first kappa shape index (κ1) is 19.2. The molecule has 2 amide bonds. The molecule has 0 bridgehead atoms. The van der Waals surface area contributed by atoms with E-state index in [0.29, 0.717) is 18.7 Å². The lowest BCUT2D eigenvalue weighted by Gasteiger charge is -2.29. The van der Waals surface area contributed by atoms with Crippen molar-refractivity contribution in [3.8, 4) is 5.75 Å². The van der Waals surface area contributed by atoms with Crippen LogP contribution in [0.4, 0.5) is 5.69 Å². The number of hydrogen-bond acceptors (Lipinski definition) is 3. The van der Waals surface area contributed by atoms with Gasteiger partial charge in [0.05, 0.1) is 12.2 Å². The molecular weight excluding hydrogens is 364 g/mol. The van der Waals surface area contributed by atoms with E-state index in [9.17, 15) is 9.59 Å². The Morgan fingerprint density at radius 2 is 1.90 bits per heavy atom. The minimum absolute atomic E-state index is 0.0495. The van der Waals surface area contributed by atoms with E-state index in [1.54, 1.807) is 4.90 Å². The molecule has 1 aliphatic heterocycles. The van der Waals surface area contributed by atoms with Gasteiger partial charge in [0.25, 0.3) is 11.8 Å². The number of ether oxygens (including phenoxy) is 1. The average Bonchev–Trinajstić information content (AvgIpc) is 2.77. The number of allylic oxidation sites excluding steroid dienone is 1. The molecule has 1 heterocycles. The van der Waals surface area contributed by atoms with Crippen molar-refractivity contribution in [2.45, 2.75) is 38.6 Å². The Morgan fingerprint density at radius 3 is 2.69 bits per heavy atom. The number of rotatable bonds is 6. The van der Waals surface area contributed by atoms with Gasteiger partial charge in [-0.05, 0) is 61.9 Å². The van der Waals surface area contributed by atoms with Gasteiger partial charge in [0, 0.05) is 12.1 Å². The number of benzene rings is 2. The van der Waals surface area contributed by atoms with Crippen LogP contribution >= 0.6 is 0 Å². The standard InChI is InChI=1S/C24H26N2O3/c27-23-17-29-22-9-5-4-8-21(22)26(23)16-19-10-12-20(13-11-19)24(28)25-15-14-18-6-2-1-3-7-18/h4-6,8-13H,1-3,7,14-17H2,(H,25,28). The van der Waals surface area contributed by atoms with Crippen molar-refractivity contribution in [2.75, 3.05) is 18.1 Å². The molecule has 2 aliphatic rings. The summed E-state index contributed by atoms with van der Waals surface area (Å²) in [5, 5.41) is 3.01. The van der Waals surface area contributed by atoms with E-state index < -0.39 is 0 Å². The summed E-state index contributed by atoms with van der Waals surface area (Å²) in [6.07, 6.45) is 8.12. The van der Waals surface area contributed by atoms with Crippen LogP contribution in [0.2, 0.25) is 0 Å². The Labute approximate surface area is 171 Å². The van der Waals surface area contributed by atoms with Gasteiger partial charge in [-0.2, -0.15) is 0 Å². The van der Waals surface area contributed by atoms with Crippen molar-refractivity contribution in [3.63, 3.8) is 0 Å². The van der Waals surface area contributed by atoms with Crippen LogP contribution in [-0.4, -0.2) is 25.0 Å². The third-order valence-corrected chi connectivity index (χ3v) is 5.48. The molecule has 0 saturated heterocycles. The topological polar surface area (TPSA) is 58.6 Å². The zero-order valence-corrected chi connectivity index (χ0v) is 16.5. The lowest BCUT2D eigenvalue weighted by molar-refractivity contribution is -0.121. The molecule has 0 atom stereocenters. The quantitative estimate of drug-likeness (QED) is 0.751. The van der Waals surface area contributed by atoms with Crippen molar-refractivity contribution in [1.29, 1.82) is 0 Å². The molecule has 0 saturated carbocycles. The molecule has 5 heteroatoms. The van der Waals surface area contributed by atoms with Gasteiger partial charge in [0.2, 0.25) is 0 Å². The Kier molecular flexibility index (Phi) is 5.94. The Bertz CT molecular complexity index is 918. The summed E-state index contributed by atoms with van der Waals surface area (Å²) in [4.78, 5) is 26.4. The number of fused-ring (bicyclic) bond motifs is 1. The number of hydrogen-bond donors (Lipinski definition) is 1. The molecular formula is C24H26N2O3. The largest absolute Gasteiger partial charge is 0.482 e. The SMILES string of the molecule is O=C(NCCC1=CCCCC1)c1ccc(CN2C(=O)COc3ccccc32)cc1. The molecule has 0 aromatic heterocycles. The number of carbonyl (C=O) groups excluding carboxylic acids is 2. The van der Waals surface area contributed by atoms with Crippen molar-refractivity contribution in [2.24, 2.45) is 0 Å². The molecule has 0 unspecified atom stereocenters. The molecule has 0 spiro atoms. The van der Waals surface area contributed by atoms with Crippen LogP contribution in [-0.2, 0) is 11.3 Å². The number of amides is 2. The number of anilines is 1. The summed E-state index contributed by atoms with van der Waals surface area (Å²) in [5.41, 5.74) is 3.85. The second-order valence-electron chi connectivity index (χ2n) is 7.55. The van der Waals surface area contributed by atoms with E-state index in [1.807, 2.05) is 48.5 Å². The number of nitrogens with one attached hydrogen (secondary N) is 1. The summed E-state index contributed by atoms with van der Waals surface area (Å²) in [5.74, 6) is 0.597. The molecule has 4 rings (SSSR count). The van der Waals surface area contributed by atoms with Crippen LogP contribution in [0.25, 0.3) is 0 Å². The van der Waals surface area contributed by atoms with Gasteiger partial charge in [-0.15, -0.1) is 0 Å². The van der Waals surface area contributed by atoms with Gasteiger partial charge in [0.15, 0.2) is 6.61 Å². The number of para-hydroxylation sites is 2. The van der Waals surface area contributed by atoms with Crippen molar-refractivity contribution >= 4 is 17.5 Å². The summed E-state index contributed by atoms with van der Waals surface area (Å²) >= 11 is 0. The highest BCUT2D eigenvalue weighted by atomic mass is 16.5. The summed E-state index contributed by atoms with van der Waals surface area (Å²) in [7, 11) is 0. The molecule has 5 nitrogen and oxygen atoms in total. The summed E-state index contributed by atoms with van der Waals surface area (Å²) in [6, 6.07) is 15.0. The molecule has 2 aromatic rings. The van der Waals surface area contributed by atoms with E-state index in [0.717, 1.165) is 29.8 Å². The van der Waals surface area contributed by atoms with Gasteiger partial charge in [-0.3, -0.25) is 9.59 Å². The minimum Gasteiger partial charge on any atom is -0.482 e. The zero-order valence-electron chi connectivity index (χ0n) is 16.5. The third kappa shape index (κ3) is 4.67. The maximum Gasteiger partial charge on any atom is 0.265 e. The second kappa shape index (κ2) is 8.95. The number of carbonyl (C=O) groups is 2. The third-order valence-electron chi connectivity index (χ3n) is 5.48. The van der Waals surface area contributed by atoms with Crippen LogP contribution in [0.1, 0.15) is 48.0 Å². The average molecular weight is 390 g/mol. The molecule has 0 fully saturated rings. The first-order valence-corrected chi connectivity index (χ1v) is 10.3. The molecule has 0 radical (unpaired) electrons. The smallest absolute Gasteiger partial charge is 0.265 e. The molecule has 1 N–H and O–H groups in total. The fourth-order valence-electron chi connectivity index (χ4n) is 3.84. The molecule has 1 aliphatic carbocycles. The van der Waals surface area contributed by atoms with E-state index in [1.165, 1.54) is 24.8 Å². The first-order valence-electron chi connectivity index (χ1n) is 10.3. The fourth-order valence-corrected chi connectivity index (χ4v) is 3.84. The van der Waals surface area contributed by atoms with Crippen LogP contribution in [0, 0.1) is 0 Å². The molecule has 150 valence electrons. The fraction of sp³-hybridized carbons (Fsp3) is 0.333. The summed E-state index contributed by atoms with van der Waals surface area (Å²) < 4.78 is 5.49. The highest BCUT2D eigenvalue weighted by molar-refractivity contribution is 5.98. The minimum atomic E-state index is -0.0671. The zero-order chi connectivity index (χ0) is 20.1. The second-order valence-corrected chi connectivity index (χ2v) is 7.55. The maximum atomic E-state index is 12.4. The van der Waals surface area contributed by atoms with Crippen molar-refractivity contribution in [1.82, 2.24) is 5.32 Å². The van der Waals surface area contributed by atoms with Gasteiger partial charge in [0.1, 0.15) is 5.75 Å². The monoisotopic (exact) mass is 390 g/mol. The van der Waals surface area contributed by atoms with Crippen molar-refractivity contribution < 1.29 is 14.3 Å². The predicted octanol–water partition coefficient (Wildman–Crippen LogP) is 4.23. The van der Waals surface area contributed by atoms with Gasteiger partial charge < -0.3 is 15.0 Å². The van der Waals surface area contributed by atoms with Gasteiger partial charge >= 0.3 is 0 Å². The van der Waals surface area contributed by atoms with Crippen LogP contribution < -0.4 is 15.0 Å². The highest BCUT2D eigenvalue weighted by Crippen LogP contribution is 2.32. The van der Waals surface area contributed by atoms with Crippen molar-refractivity contribution in [3.05, 3.63) is 71.3 Å². The van der Waals surface area contributed by atoms with Crippen LogP contribution in [0.15, 0.2) is 60.2 Å². The summed E-state index contributed by atoms with van der Waals surface area (Å²) in [6.45, 7) is 1.18. The highest BCUT2D eigenvalue weighted by Gasteiger charge is 2.25.